The number of hydrogen-bond donors (Lipinski definition) is 2. The number of carbonyl (C=O) groups excluding carboxylic acids is 2. The second-order valence-electron chi connectivity index (χ2n) is 14.8. The molecule has 5 atom stereocenters. The molecule has 3 amide bonds. The molecule has 1 unspecified atom stereocenters. The van der Waals surface area contributed by atoms with Gasteiger partial charge in [-0.15, -0.1) is 4.36 Å². The predicted octanol–water partition coefficient (Wildman–Crippen LogP) is 7.09. The van der Waals surface area contributed by atoms with E-state index in [-0.39, 0.29) is 35.0 Å². The van der Waals surface area contributed by atoms with Gasteiger partial charge in [-0.1, -0.05) is 36.7 Å². The number of halogens is 1. The lowest BCUT2D eigenvalue weighted by molar-refractivity contribution is -0.0719. The third-order valence-electron chi connectivity index (χ3n) is 10.8. The number of nitrogens with zero attached hydrogens (tertiary/aromatic N) is 2. The number of carbonyl (C=O) groups is 2. The van der Waals surface area contributed by atoms with Crippen LogP contribution in [0, 0.1) is 17.8 Å². The number of ether oxygens (including phenoxy) is 3. The molecule has 2 aromatic carbocycles. The van der Waals surface area contributed by atoms with Crippen molar-refractivity contribution in [1.29, 1.82) is 0 Å². The number of hydrogen-bond acceptors (Lipinski definition) is 7. The monoisotopic (exact) mass is 726 g/mol. The largest absolute Gasteiger partial charge is 0.491 e. The van der Waals surface area contributed by atoms with E-state index in [0.717, 1.165) is 44.3 Å². The van der Waals surface area contributed by atoms with Gasteiger partial charge in [-0.3, -0.25) is 9.52 Å². The van der Waals surface area contributed by atoms with Crippen molar-refractivity contribution in [1.82, 2.24) is 10.0 Å². The molecule has 0 aromatic heterocycles. The molecule has 0 saturated heterocycles. The highest BCUT2D eigenvalue weighted by Crippen LogP contribution is 2.42. The first kappa shape index (κ1) is 36.7. The van der Waals surface area contributed by atoms with Gasteiger partial charge in [-0.05, 0) is 118 Å². The highest BCUT2D eigenvalue weighted by Gasteiger charge is 2.41. The van der Waals surface area contributed by atoms with Gasteiger partial charge >= 0.3 is 6.03 Å². The Hall–Kier alpha value is -3.12. The van der Waals surface area contributed by atoms with Crippen LogP contribution in [-0.2, 0) is 32.4 Å². The number of fused-ring (bicyclic) bond motifs is 3. The van der Waals surface area contributed by atoms with Crippen molar-refractivity contribution in [3.05, 3.63) is 70.3 Å². The summed E-state index contributed by atoms with van der Waals surface area (Å²) >= 11 is 6.46. The Balaban J connectivity index is 1.39. The number of amides is 3. The molecule has 2 heterocycles. The lowest BCUT2D eigenvalue weighted by atomic mass is 9.70. The van der Waals surface area contributed by atoms with E-state index in [4.69, 9.17) is 25.8 Å². The molecule has 272 valence electrons. The van der Waals surface area contributed by atoms with Gasteiger partial charge in [0.25, 0.3) is 5.91 Å². The van der Waals surface area contributed by atoms with Crippen molar-refractivity contribution in [3.8, 4) is 5.75 Å². The van der Waals surface area contributed by atoms with E-state index in [2.05, 4.69) is 43.6 Å². The molecule has 2 bridgehead atoms. The van der Waals surface area contributed by atoms with Crippen LogP contribution in [-0.4, -0.2) is 67.0 Å². The minimum absolute atomic E-state index is 0.0141. The molecule has 10 nitrogen and oxygen atoms in total. The number of anilines is 1. The summed E-state index contributed by atoms with van der Waals surface area (Å²) in [4.78, 5) is 29.4. The zero-order valence-electron chi connectivity index (χ0n) is 29.6. The van der Waals surface area contributed by atoms with Crippen LogP contribution in [0.15, 0.2) is 52.9 Å². The van der Waals surface area contributed by atoms with Gasteiger partial charge in [0.15, 0.2) is 0 Å². The van der Waals surface area contributed by atoms with Gasteiger partial charge in [0.2, 0.25) is 0 Å². The first-order valence-electron chi connectivity index (χ1n) is 17.9. The predicted molar refractivity (Wildman–Crippen MR) is 197 cm³/mol. The minimum Gasteiger partial charge on any atom is -0.491 e. The van der Waals surface area contributed by atoms with E-state index in [1.165, 1.54) is 11.1 Å². The Kier molecular flexibility index (Phi) is 11.5. The number of methoxy groups -OCH3 is 2. The summed E-state index contributed by atoms with van der Waals surface area (Å²) in [5, 5.41) is 3.60. The molecule has 2 aliphatic heterocycles. The maximum absolute atomic E-state index is 14.4. The summed E-state index contributed by atoms with van der Waals surface area (Å²) in [6.45, 7) is 5.82. The van der Waals surface area contributed by atoms with E-state index in [1.54, 1.807) is 20.3 Å². The number of nitrogens with one attached hydrogen (secondary N) is 2. The zero-order chi connectivity index (χ0) is 35.5. The fourth-order valence-electron chi connectivity index (χ4n) is 7.79. The van der Waals surface area contributed by atoms with Crippen molar-refractivity contribution < 1.29 is 28.0 Å². The Morgan fingerprint density at radius 3 is 2.68 bits per heavy atom. The zero-order valence-corrected chi connectivity index (χ0v) is 31.2. The molecule has 2 saturated carbocycles. The number of benzene rings is 2. The number of rotatable bonds is 4. The maximum Gasteiger partial charge on any atom is 0.327 e. The summed E-state index contributed by atoms with van der Waals surface area (Å²) < 4.78 is 39.2. The second-order valence-corrected chi connectivity index (χ2v) is 17.2. The smallest absolute Gasteiger partial charge is 0.327 e. The minimum atomic E-state index is -3.50. The third-order valence-corrected chi connectivity index (χ3v) is 13.1. The van der Waals surface area contributed by atoms with Gasteiger partial charge in [-0.2, -0.15) is 0 Å². The Bertz CT molecular complexity index is 1720. The van der Waals surface area contributed by atoms with Gasteiger partial charge in [0.05, 0.1) is 29.8 Å². The normalized spacial score (nSPS) is 32.3. The lowest BCUT2D eigenvalue weighted by Crippen LogP contribution is -2.57. The van der Waals surface area contributed by atoms with Crippen LogP contribution in [0.1, 0.15) is 80.3 Å². The summed E-state index contributed by atoms with van der Waals surface area (Å²) in [5.74, 6) is 0.614. The Morgan fingerprint density at radius 1 is 1.12 bits per heavy atom. The maximum atomic E-state index is 14.4. The molecule has 50 heavy (non-hydrogen) atoms. The molecule has 2 N–H and O–H groups in total. The fraction of sp³-hybridized carbons (Fsp3) is 0.579. The summed E-state index contributed by atoms with van der Waals surface area (Å²) in [7, 11) is -0.0939. The molecule has 2 fully saturated rings. The molecule has 2 aromatic rings. The lowest BCUT2D eigenvalue weighted by Gasteiger charge is -2.44. The van der Waals surface area contributed by atoms with Gasteiger partial charge in [-0.25, -0.2) is 9.00 Å². The van der Waals surface area contributed by atoms with Crippen LogP contribution in [0.2, 0.25) is 5.02 Å². The molecule has 0 spiro atoms. The van der Waals surface area contributed by atoms with E-state index in [9.17, 15) is 13.8 Å². The highest BCUT2D eigenvalue weighted by atomic mass is 35.5. The summed E-state index contributed by atoms with van der Waals surface area (Å²) in [5.41, 5.74) is 3.17. The number of urea groups is 1. The number of allylic oxidation sites excluding steroid dienone is 1. The first-order valence-corrected chi connectivity index (χ1v) is 19.9. The molecular weight excluding hydrogens is 676 g/mol. The van der Waals surface area contributed by atoms with Crippen molar-refractivity contribution >= 4 is 39.1 Å². The molecule has 0 radical (unpaired) electrons. The summed E-state index contributed by atoms with van der Waals surface area (Å²) in [6, 6.07) is 10.7. The van der Waals surface area contributed by atoms with Crippen LogP contribution in [0.5, 0.6) is 5.75 Å². The van der Waals surface area contributed by atoms with E-state index < -0.39 is 21.9 Å². The Labute approximate surface area is 302 Å². The second kappa shape index (κ2) is 15.6. The molecule has 2 aliphatic carbocycles. The van der Waals surface area contributed by atoms with Gasteiger partial charge < -0.3 is 24.4 Å². The third kappa shape index (κ3) is 8.66. The fourth-order valence-corrected chi connectivity index (χ4v) is 9.81. The van der Waals surface area contributed by atoms with Crippen LogP contribution in [0.25, 0.3) is 0 Å². The quantitative estimate of drug-likeness (QED) is 0.323. The average molecular weight is 727 g/mol. The van der Waals surface area contributed by atoms with Crippen molar-refractivity contribution in [2.75, 3.05) is 38.0 Å². The first-order chi connectivity index (χ1) is 24.0. The average Bonchev–Trinajstić information content (AvgIpc) is 3.07. The van der Waals surface area contributed by atoms with Crippen molar-refractivity contribution in [2.24, 2.45) is 22.1 Å². The van der Waals surface area contributed by atoms with Crippen LogP contribution < -0.4 is 19.7 Å². The van der Waals surface area contributed by atoms with Crippen LogP contribution in [0.3, 0.4) is 0 Å². The van der Waals surface area contributed by atoms with Crippen molar-refractivity contribution in [3.63, 3.8) is 0 Å². The number of aryl methyl sites for hydroxylation is 1. The molecule has 6 rings (SSSR count). The highest BCUT2D eigenvalue weighted by molar-refractivity contribution is 7.92. The van der Waals surface area contributed by atoms with Crippen LogP contribution in [0.4, 0.5) is 10.5 Å². The standard InChI is InChI=1S/C38H51ClN4O6S/c1-25-8-7-10-34(47-3)32-15-12-29(32)23-43-22-28-11-14-30(39)18-26(28)9-5-6-17-49-35-16-13-27(19-33(35)43)36(44)41-50(46,24-25)42-37(45)40-31-20-38(2,21-31)48-4/h7,10-11,13-14,16,18-19,25,29,31-32,34H,5-6,8-9,12,15,17,20-24H2,1-4H3,(H2,40,41,42,44,45,46)/b10-7+/t25-,29-,31-,32+,34-,38+,50?/m0/s1. The molecular formula is C38H51ClN4O6S. The van der Waals surface area contributed by atoms with Crippen LogP contribution >= 0.6 is 11.6 Å². The Morgan fingerprint density at radius 2 is 1.94 bits per heavy atom. The molecule has 12 heteroatoms. The van der Waals surface area contributed by atoms with E-state index in [1.807, 2.05) is 32.0 Å². The van der Waals surface area contributed by atoms with Gasteiger partial charge in [0.1, 0.15) is 15.7 Å². The van der Waals surface area contributed by atoms with E-state index in [0.29, 0.717) is 55.0 Å². The summed E-state index contributed by atoms with van der Waals surface area (Å²) in [6.07, 6.45) is 10.9. The SMILES string of the molecule is CO[C@H]1/C=C/C[C@H](C)CS(=O)(NC(=O)N[C@H]2C[C@@](C)(OC)C2)=NC(=O)c2ccc3c(c2)N(Cc2ccc(Cl)cc2CCCCO3)C[C@@H]2CC[C@H]21. The van der Waals surface area contributed by atoms with Crippen molar-refractivity contribution in [2.45, 2.75) is 89.5 Å². The topological polar surface area (TPSA) is 119 Å². The van der Waals surface area contributed by atoms with E-state index >= 15 is 0 Å². The molecule has 4 aliphatic rings. The van der Waals surface area contributed by atoms with Gasteiger partial charge in [0, 0.05) is 43.9 Å².